The topological polar surface area (TPSA) is 68.3 Å². The first-order chi connectivity index (χ1) is 8.78. The molecule has 0 N–H and O–H groups in total. The van der Waals surface area contributed by atoms with Gasteiger partial charge in [0.15, 0.2) is 17.3 Å². The zero-order chi connectivity index (χ0) is 13.0. The largest absolute Gasteiger partial charge is 0.493 e. The maximum absolute atomic E-state index is 8.58. The number of nitriles is 1. The van der Waals surface area contributed by atoms with E-state index in [1.807, 2.05) is 12.1 Å². The molecule has 0 saturated heterocycles. The molecule has 2 rings (SSSR count). The second-order valence-corrected chi connectivity index (χ2v) is 3.59. The van der Waals surface area contributed by atoms with Crippen molar-refractivity contribution in [1.29, 1.82) is 5.26 Å². The summed E-state index contributed by atoms with van der Waals surface area (Å²) < 4.78 is 15.5. The van der Waals surface area contributed by atoms with Crippen molar-refractivity contribution < 1.29 is 14.0 Å². The van der Waals surface area contributed by atoms with Gasteiger partial charge in [0.1, 0.15) is 0 Å². The number of benzene rings is 1. The van der Waals surface area contributed by atoms with Gasteiger partial charge in [0, 0.05) is 11.6 Å². The van der Waals surface area contributed by atoms with E-state index in [2.05, 4.69) is 5.16 Å². The first-order valence-corrected chi connectivity index (χ1v) is 5.33. The number of ether oxygens (including phenoxy) is 2. The highest BCUT2D eigenvalue weighted by atomic mass is 16.5. The zero-order valence-electron chi connectivity index (χ0n) is 10.1. The lowest BCUT2D eigenvalue weighted by Crippen LogP contribution is -1.90. The Kier molecular flexibility index (Phi) is 3.49. The Morgan fingerprint density at radius 2 is 2.00 bits per heavy atom. The fourth-order valence-electron chi connectivity index (χ4n) is 1.60. The Morgan fingerprint density at radius 1 is 1.22 bits per heavy atom. The fraction of sp³-hybridized carbons (Fsp3) is 0.231. The van der Waals surface area contributed by atoms with Gasteiger partial charge in [-0.15, -0.1) is 0 Å². The molecule has 2 aromatic rings. The highest BCUT2D eigenvalue weighted by Crippen LogP contribution is 2.32. The Hall–Kier alpha value is -2.48. The van der Waals surface area contributed by atoms with E-state index in [9.17, 15) is 0 Å². The van der Waals surface area contributed by atoms with Crippen molar-refractivity contribution in [3.63, 3.8) is 0 Å². The highest BCUT2D eigenvalue weighted by Gasteiger charge is 2.10. The van der Waals surface area contributed by atoms with Crippen LogP contribution in [-0.4, -0.2) is 19.4 Å². The number of rotatable bonds is 4. The molecule has 18 heavy (non-hydrogen) atoms. The van der Waals surface area contributed by atoms with Crippen LogP contribution in [0.3, 0.4) is 0 Å². The third-order valence-electron chi connectivity index (χ3n) is 2.49. The first kappa shape index (κ1) is 12.0. The van der Waals surface area contributed by atoms with Crippen LogP contribution >= 0.6 is 0 Å². The quantitative estimate of drug-likeness (QED) is 0.826. The van der Waals surface area contributed by atoms with Gasteiger partial charge in [-0.25, -0.2) is 0 Å². The van der Waals surface area contributed by atoms with E-state index in [-0.39, 0.29) is 6.42 Å². The van der Waals surface area contributed by atoms with Crippen molar-refractivity contribution in [2.24, 2.45) is 0 Å². The number of nitrogens with zero attached hydrogens (tertiary/aromatic N) is 2. The van der Waals surface area contributed by atoms with Crippen molar-refractivity contribution in [3.8, 4) is 28.9 Å². The van der Waals surface area contributed by atoms with Crippen LogP contribution < -0.4 is 9.47 Å². The monoisotopic (exact) mass is 244 g/mol. The summed E-state index contributed by atoms with van der Waals surface area (Å²) in [6.45, 7) is 0. The molecule has 1 aromatic carbocycles. The summed E-state index contributed by atoms with van der Waals surface area (Å²) >= 11 is 0. The number of methoxy groups -OCH3 is 2. The summed E-state index contributed by atoms with van der Waals surface area (Å²) in [6.07, 6.45) is 0.233. The molecule has 0 unspecified atom stereocenters. The molecular weight excluding hydrogens is 232 g/mol. The van der Waals surface area contributed by atoms with Crippen LogP contribution in [0.15, 0.2) is 28.8 Å². The van der Waals surface area contributed by atoms with Gasteiger partial charge < -0.3 is 14.0 Å². The lowest BCUT2D eigenvalue weighted by Gasteiger charge is -2.07. The third kappa shape index (κ3) is 2.28. The molecule has 1 heterocycles. The smallest absolute Gasteiger partial charge is 0.167 e. The average molecular weight is 244 g/mol. The second-order valence-electron chi connectivity index (χ2n) is 3.59. The van der Waals surface area contributed by atoms with Gasteiger partial charge in [-0.1, -0.05) is 5.16 Å². The second kappa shape index (κ2) is 5.23. The van der Waals surface area contributed by atoms with Crippen molar-refractivity contribution in [2.75, 3.05) is 14.2 Å². The van der Waals surface area contributed by atoms with Crippen LogP contribution in [0.25, 0.3) is 11.3 Å². The van der Waals surface area contributed by atoms with E-state index < -0.39 is 0 Å². The predicted molar refractivity (Wildman–Crippen MR) is 64.4 cm³/mol. The van der Waals surface area contributed by atoms with E-state index in [0.29, 0.717) is 23.0 Å². The summed E-state index contributed by atoms with van der Waals surface area (Å²) in [6, 6.07) is 9.20. The predicted octanol–water partition coefficient (Wildman–Crippen LogP) is 2.42. The fourth-order valence-corrected chi connectivity index (χ4v) is 1.60. The minimum absolute atomic E-state index is 0.233. The van der Waals surface area contributed by atoms with Crippen molar-refractivity contribution in [2.45, 2.75) is 6.42 Å². The van der Waals surface area contributed by atoms with Crippen LogP contribution in [0.4, 0.5) is 0 Å². The molecule has 0 aliphatic carbocycles. The molecular formula is C13H12N2O3. The maximum Gasteiger partial charge on any atom is 0.167 e. The van der Waals surface area contributed by atoms with Gasteiger partial charge in [0.25, 0.3) is 0 Å². The van der Waals surface area contributed by atoms with E-state index in [0.717, 1.165) is 5.56 Å². The Bertz CT molecular complexity index is 584. The number of aromatic nitrogens is 1. The molecule has 92 valence electrons. The molecule has 0 bridgehead atoms. The number of hydrogen-bond acceptors (Lipinski definition) is 5. The lowest BCUT2D eigenvalue weighted by molar-refractivity contribution is 0.355. The lowest BCUT2D eigenvalue weighted by atomic mass is 10.1. The highest BCUT2D eigenvalue weighted by molar-refractivity contribution is 5.62. The van der Waals surface area contributed by atoms with Crippen LogP contribution in [0.2, 0.25) is 0 Å². The van der Waals surface area contributed by atoms with E-state index in [1.54, 1.807) is 32.4 Å². The molecule has 0 radical (unpaired) electrons. The van der Waals surface area contributed by atoms with Crippen LogP contribution in [0.5, 0.6) is 11.5 Å². The Balaban J connectivity index is 2.35. The van der Waals surface area contributed by atoms with Crippen LogP contribution in [-0.2, 0) is 6.42 Å². The van der Waals surface area contributed by atoms with Crippen LogP contribution in [0, 0.1) is 11.3 Å². The molecule has 5 nitrogen and oxygen atoms in total. The molecule has 0 aliphatic rings. The minimum Gasteiger partial charge on any atom is -0.493 e. The van der Waals surface area contributed by atoms with Gasteiger partial charge in [0.05, 0.1) is 32.4 Å². The Morgan fingerprint density at radius 3 is 2.67 bits per heavy atom. The summed E-state index contributed by atoms with van der Waals surface area (Å²) in [7, 11) is 3.15. The molecule has 0 aliphatic heterocycles. The van der Waals surface area contributed by atoms with Gasteiger partial charge >= 0.3 is 0 Å². The van der Waals surface area contributed by atoms with Gasteiger partial charge in [-0.05, 0) is 18.2 Å². The molecule has 5 heteroatoms. The summed E-state index contributed by atoms with van der Waals surface area (Å²) in [5.41, 5.74) is 1.44. The molecule has 0 amide bonds. The molecule has 0 atom stereocenters. The molecule has 0 spiro atoms. The average Bonchev–Trinajstić information content (AvgIpc) is 2.87. The van der Waals surface area contributed by atoms with E-state index >= 15 is 0 Å². The van der Waals surface area contributed by atoms with Gasteiger partial charge in [-0.2, -0.15) is 5.26 Å². The maximum atomic E-state index is 8.58. The van der Waals surface area contributed by atoms with E-state index in [1.165, 1.54) is 0 Å². The van der Waals surface area contributed by atoms with Gasteiger partial charge in [-0.3, -0.25) is 0 Å². The summed E-state index contributed by atoms with van der Waals surface area (Å²) in [5.74, 6) is 1.87. The Labute approximate surface area is 105 Å². The standard InChI is InChI=1S/C13H12N2O3/c1-16-11-4-3-9(7-13(11)17-2)12-8-10(5-6-14)15-18-12/h3-4,7-8H,5H2,1-2H3. The zero-order valence-corrected chi connectivity index (χ0v) is 10.1. The molecule has 0 fully saturated rings. The first-order valence-electron chi connectivity index (χ1n) is 5.33. The number of hydrogen-bond donors (Lipinski definition) is 0. The summed E-state index contributed by atoms with van der Waals surface area (Å²) in [5, 5.41) is 12.4. The van der Waals surface area contributed by atoms with E-state index in [4.69, 9.17) is 19.3 Å². The molecule has 1 aromatic heterocycles. The normalized spacial score (nSPS) is 9.83. The van der Waals surface area contributed by atoms with Crippen molar-refractivity contribution in [1.82, 2.24) is 5.16 Å². The third-order valence-corrected chi connectivity index (χ3v) is 2.49. The van der Waals surface area contributed by atoms with Crippen LogP contribution in [0.1, 0.15) is 5.69 Å². The van der Waals surface area contributed by atoms with Crippen molar-refractivity contribution >= 4 is 0 Å². The minimum atomic E-state index is 0.233. The van der Waals surface area contributed by atoms with Gasteiger partial charge in [0.2, 0.25) is 0 Å². The summed E-state index contributed by atoms with van der Waals surface area (Å²) in [4.78, 5) is 0. The van der Waals surface area contributed by atoms with Crippen molar-refractivity contribution in [3.05, 3.63) is 30.0 Å². The SMILES string of the molecule is COc1ccc(-c2cc(CC#N)no2)cc1OC. The molecule has 0 saturated carbocycles.